The number of nitrogens with two attached hydrogens (primary N) is 1. The summed E-state index contributed by atoms with van der Waals surface area (Å²) in [7, 11) is -3.54. The number of nitrogens with zero attached hydrogens (tertiary/aromatic N) is 1. The lowest BCUT2D eigenvalue weighted by atomic mass is 10.3. The fourth-order valence-electron chi connectivity index (χ4n) is 2.30. The van der Waals surface area contributed by atoms with Gasteiger partial charge in [0.1, 0.15) is 4.90 Å². The van der Waals surface area contributed by atoms with E-state index >= 15 is 0 Å². The highest BCUT2D eigenvalue weighted by molar-refractivity contribution is 7.89. The lowest BCUT2D eigenvalue weighted by molar-refractivity contribution is 0.382. The molecule has 2 aliphatic rings. The molecule has 0 saturated heterocycles. The van der Waals surface area contributed by atoms with Crippen LogP contribution >= 0.6 is 11.6 Å². The molecule has 20 heavy (non-hydrogen) atoms. The summed E-state index contributed by atoms with van der Waals surface area (Å²) in [4.78, 5) is 0.139. The molecule has 1 aromatic rings. The van der Waals surface area contributed by atoms with Crippen LogP contribution in [0.1, 0.15) is 25.7 Å². The number of nitrogen functional groups attached to an aromatic ring is 1. The van der Waals surface area contributed by atoms with Crippen molar-refractivity contribution in [3.63, 3.8) is 0 Å². The smallest absolute Gasteiger partial charge is 0.244 e. The highest BCUT2D eigenvalue weighted by atomic mass is 35.5. The Labute approximate surface area is 125 Å². The van der Waals surface area contributed by atoms with Gasteiger partial charge in [-0.2, -0.15) is 4.31 Å². The SMILES string of the molecule is Nc1ccc(Cl)c(S(=O)(=O)N(CC2CC2)CC2CC2)c1. The van der Waals surface area contributed by atoms with Crippen LogP contribution in [0.5, 0.6) is 0 Å². The van der Waals surface area contributed by atoms with Gasteiger partial charge in [0.05, 0.1) is 5.02 Å². The highest BCUT2D eigenvalue weighted by Crippen LogP contribution is 2.37. The van der Waals surface area contributed by atoms with Crippen molar-refractivity contribution in [1.82, 2.24) is 4.31 Å². The third-order valence-corrected chi connectivity index (χ3v) is 6.20. The maximum absolute atomic E-state index is 12.8. The van der Waals surface area contributed by atoms with E-state index in [-0.39, 0.29) is 9.92 Å². The Hall–Kier alpha value is -0.780. The monoisotopic (exact) mass is 314 g/mol. The molecule has 110 valence electrons. The van der Waals surface area contributed by atoms with Gasteiger partial charge in [-0.15, -0.1) is 0 Å². The van der Waals surface area contributed by atoms with Gasteiger partial charge in [-0.1, -0.05) is 11.6 Å². The van der Waals surface area contributed by atoms with Gasteiger partial charge in [0, 0.05) is 18.8 Å². The summed E-state index contributed by atoms with van der Waals surface area (Å²) in [6.45, 7) is 1.23. The fraction of sp³-hybridized carbons (Fsp3) is 0.571. The predicted octanol–water partition coefficient (Wildman–Crippen LogP) is 2.73. The molecule has 0 heterocycles. The number of benzene rings is 1. The first-order valence-electron chi connectivity index (χ1n) is 7.02. The van der Waals surface area contributed by atoms with Gasteiger partial charge in [-0.25, -0.2) is 8.42 Å². The molecule has 2 N–H and O–H groups in total. The molecule has 0 bridgehead atoms. The molecule has 2 fully saturated rings. The molecule has 0 radical (unpaired) electrons. The molecule has 0 spiro atoms. The Morgan fingerprint density at radius 1 is 1.15 bits per heavy atom. The van der Waals surface area contributed by atoms with Crippen molar-refractivity contribution in [2.75, 3.05) is 18.8 Å². The van der Waals surface area contributed by atoms with E-state index in [1.165, 1.54) is 6.07 Å². The van der Waals surface area contributed by atoms with Gasteiger partial charge >= 0.3 is 0 Å². The molecule has 0 aromatic heterocycles. The second-order valence-corrected chi connectivity index (χ2v) is 8.21. The Kier molecular flexibility index (Phi) is 3.69. The molecular formula is C14H19ClN2O2S. The van der Waals surface area contributed by atoms with Gasteiger partial charge in [-0.05, 0) is 55.7 Å². The minimum atomic E-state index is -3.54. The number of hydrogen-bond donors (Lipinski definition) is 1. The minimum Gasteiger partial charge on any atom is -0.399 e. The van der Waals surface area contributed by atoms with Crippen LogP contribution in [0.25, 0.3) is 0 Å². The summed E-state index contributed by atoms with van der Waals surface area (Å²) >= 11 is 6.07. The zero-order chi connectivity index (χ0) is 14.3. The van der Waals surface area contributed by atoms with E-state index in [1.54, 1.807) is 16.4 Å². The minimum absolute atomic E-state index is 0.139. The van der Waals surface area contributed by atoms with Crippen LogP contribution in [0.15, 0.2) is 23.1 Å². The normalized spacial score (nSPS) is 19.5. The topological polar surface area (TPSA) is 63.4 Å². The standard InChI is InChI=1S/C14H19ClN2O2S/c15-13-6-5-12(16)7-14(13)20(18,19)17(8-10-1-2-10)9-11-3-4-11/h5-7,10-11H,1-4,8-9,16H2. The summed E-state index contributed by atoms with van der Waals surface area (Å²) < 4.78 is 27.2. The van der Waals surface area contributed by atoms with E-state index < -0.39 is 10.0 Å². The van der Waals surface area contributed by atoms with E-state index in [9.17, 15) is 8.42 Å². The van der Waals surface area contributed by atoms with Crippen molar-refractivity contribution in [2.45, 2.75) is 30.6 Å². The molecule has 0 unspecified atom stereocenters. The van der Waals surface area contributed by atoms with Gasteiger partial charge in [-0.3, -0.25) is 0 Å². The molecule has 2 saturated carbocycles. The number of halogens is 1. The average molecular weight is 315 g/mol. The van der Waals surface area contributed by atoms with E-state index in [0.29, 0.717) is 30.6 Å². The largest absolute Gasteiger partial charge is 0.399 e. The van der Waals surface area contributed by atoms with E-state index in [1.807, 2.05) is 0 Å². The average Bonchev–Trinajstić information content (AvgIpc) is 3.25. The molecule has 4 nitrogen and oxygen atoms in total. The van der Waals surface area contributed by atoms with Crippen LogP contribution in [0.2, 0.25) is 5.02 Å². The van der Waals surface area contributed by atoms with Crippen molar-refractivity contribution in [1.29, 1.82) is 0 Å². The van der Waals surface area contributed by atoms with Gasteiger partial charge in [0.2, 0.25) is 10.0 Å². The Bertz CT molecular complexity index is 596. The summed E-state index contributed by atoms with van der Waals surface area (Å²) in [6, 6.07) is 4.63. The predicted molar refractivity (Wildman–Crippen MR) is 80.1 cm³/mol. The summed E-state index contributed by atoms with van der Waals surface area (Å²) in [5, 5.41) is 0.246. The first-order chi connectivity index (χ1) is 9.46. The number of sulfonamides is 1. The third kappa shape index (κ3) is 3.10. The van der Waals surface area contributed by atoms with Gasteiger partial charge < -0.3 is 5.73 Å². The van der Waals surface area contributed by atoms with Crippen LogP contribution in [-0.2, 0) is 10.0 Å². The number of rotatable bonds is 6. The van der Waals surface area contributed by atoms with Crippen LogP contribution in [0, 0.1) is 11.8 Å². The second-order valence-electron chi connectivity index (χ2n) is 5.90. The molecule has 0 aliphatic heterocycles. The quantitative estimate of drug-likeness (QED) is 0.821. The molecular weight excluding hydrogens is 296 g/mol. The van der Waals surface area contributed by atoms with Crippen molar-refractivity contribution < 1.29 is 8.42 Å². The van der Waals surface area contributed by atoms with Crippen LogP contribution < -0.4 is 5.73 Å². The van der Waals surface area contributed by atoms with Crippen LogP contribution in [0.3, 0.4) is 0 Å². The van der Waals surface area contributed by atoms with E-state index in [4.69, 9.17) is 17.3 Å². The number of anilines is 1. The van der Waals surface area contributed by atoms with Gasteiger partial charge in [0.15, 0.2) is 0 Å². The first-order valence-corrected chi connectivity index (χ1v) is 8.84. The molecule has 6 heteroatoms. The maximum atomic E-state index is 12.8. The highest BCUT2D eigenvalue weighted by Gasteiger charge is 2.36. The Balaban J connectivity index is 1.91. The zero-order valence-electron chi connectivity index (χ0n) is 11.3. The van der Waals surface area contributed by atoms with Gasteiger partial charge in [0.25, 0.3) is 0 Å². The third-order valence-electron chi connectivity index (χ3n) is 3.89. The Morgan fingerprint density at radius 2 is 1.70 bits per heavy atom. The van der Waals surface area contributed by atoms with Crippen molar-refractivity contribution >= 4 is 27.3 Å². The molecule has 1 aromatic carbocycles. The fourth-order valence-corrected chi connectivity index (χ4v) is 4.41. The summed E-state index contributed by atoms with van der Waals surface area (Å²) in [6.07, 6.45) is 4.51. The lowest BCUT2D eigenvalue weighted by Gasteiger charge is -2.22. The number of hydrogen-bond acceptors (Lipinski definition) is 3. The molecule has 0 atom stereocenters. The van der Waals surface area contributed by atoms with Crippen molar-refractivity contribution in [2.24, 2.45) is 11.8 Å². The van der Waals surface area contributed by atoms with Crippen LogP contribution in [0.4, 0.5) is 5.69 Å². The Morgan fingerprint density at radius 3 is 2.20 bits per heavy atom. The van der Waals surface area contributed by atoms with E-state index in [2.05, 4.69) is 0 Å². The van der Waals surface area contributed by atoms with E-state index in [0.717, 1.165) is 25.7 Å². The van der Waals surface area contributed by atoms with Crippen LogP contribution in [-0.4, -0.2) is 25.8 Å². The maximum Gasteiger partial charge on any atom is 0.244 e. The zero-order valence-corrected chi connectivity index (χ0v) is 12.8. The summed E-state index contributed by atoms with van der Waals surface area (Å²) in [5.41, 5.74) is 6.13. The lowest BCUT2D eigenvalue weighted by Crippen LogP contribution is -2.35. The second kappa shape index (κ2) is 5.20. The molecule has 3 rings (SSSR count). The van der Waals surface area contributed by atoms with Crippen molar-refractivity contribution in [3.8, 4) is 0 Å². The molecule has 2 aliphatic carbocycles. The first kappa shape index (κ1) is 14.2. The molecule has 0 amide bonds. The van der Waals surface area contributed by atoms with Crippen molar-refractivity contribution in [3.05, 3.63) is 23.2 Å². The summed E-state index contributed by atoms with van der Waals surface area (Å²) in [5.74, 6) is 1.03.